The number of aliphatic carboxylic acids is 1. The zero-order valence-corrected chi connectivity index (χ0v) is 10.7. The second kappa shape index (κ2) is 5.83. The maximum absolute atomic E-state index is 12.4. The van der Waals surface area contributed by atoms with Crippen molar-refractivity contribution >= 4 is 5.97 Å². The number of alkyl halides is 3. The predicted octanol–water partition coefficient (Wildman–Crippen LogP) is 3.48. The molecule has 0 amide bonds. The fourth-order valence-corrected chi connectivity index (χ4v) is 2.13. The number of hydrogen-bond acceptors (Lipinski definition) is 2. The van der Waals surface area contributed by atoms with Crippen molar-refractivity contribution in [3.8, 4) is 0 Å². The topological polar surface area (TPSA) is 46.5 Å². The average molecular weight is 288 g/mol. The molecule has 0 spiro atoms. The van der Waals surface area contributed by atoms with Gasteiger partial charge in [-0.25, -0.2) is 4.79 Å². The van der Waals surface area contributed by atoms with Gasteiger partial charge in [0.15, 0.2) is 6.10 Å². The van der Waals surface area contributed by atoms with Crippen LogP contribution in [0.4, 0.5) is 13.2 Å². The van der Waals surface area contributed by atoms with Crippen LogP contribution in [0.15, 0.2) is 24.3 Å². The first kappa shape index (κ1) is 14.8. The van der Waals surface area contributed by atoms with Crippen LogP contribution in [0.3, 0.4) is 0 Å². The Labute approximate surface area is 114 Å². The van der Waals surface area contributed by atoms with Crippen LogP contribution in [0, 0.1) is 5.92 Å². The van der Waals surface area contributed by atoms with Crippen molar-refractivity contribution in [2.45, 2.75) is 38.1 Å². The highest BCUT2D eigenvalue weighted by Crippen LogP contribution is 2.32. The maximum atomic E-state index is 12.4. The van der Waals surface area contributed by atoms with Crippen molar-refractivity contribution in [2.24, 2.45) is 5.92 Å². The summed E-state index contributed by atoms with van der Waals surface area (Å²) in [5, 5.41) is 9.06. The summed E-state index contributed by atoms with van der Waals surface area (Å²) < 4.78 is 42.5. The summed E-state index contributed by atoms with van der Waals surface area (Å²) in [5.74, 6) is -0.997. The average Bonchev–Trinajstić information content (AvgIpc) is 2.31. The summed E-state index contributed by atoms with van der Waals surface area (Å²) in [6.07, 6.45) is -2.59. The number of benzene rings is 1. The second-order valence-electron chi connectivity index (χ2n) is 4.96. The molecular formula is C14H15F3O3. The van der Waals surface area contributed by atoms with Gasteiger partial charge in [0.25, 0.3) is 0 Å². The molecule has 2 rings (SSSR count). The zero-order chi connectivity index (χ0) is 14.8. The fraction of sp³-hybridized carbons (Fsp3) is 0.500. The number of halogens is 3. The molecule has 0 aliphatic heterocycles. The van der Waals surface area contributed by atoms with E-state index >= 15 is 0 Å². The summed E-state index contributed by atoms with van der Waals surface area (Å²) in [5.41, 5.74) is -0.196. The lowest BCUT2D eigenvalue weighted by Crippen LogP contribution is -2.36. The Morgan fingerprint density at radius 3 is 2.30 bits per heavy atom. The molecule has 1 aliphatic rings. The molecule has 110 valence electrons. The van der Waals surface area contributed by atoms with Gasteiger partial charge in [-0.2, -0.15) is 13.2 Å². The van der Waals surface area contributed by atoms with Crippen LogP contribution in [0.2, 0.25) is 0 Å². The van der Waals surface area contributed by atoms with Crippen molar-refractivity contribution < 1.29 is 27.8 Å². The molecule has 0 heterocycles. The van der Waals surface area contributed by atoms with E-state index in [1.807, 2.05) is 0 Å². The Balaban J connectivity index is 1.94. The highest BCUT2D eigenvalue weighted by atomic mass is 19.4. The van der Waals surface area contributed by atoms with Crippen molar-refractivity contribution in [2.75, 3.05) is 0 Å². The van der Waals surface area contributed by atoms with E-state index in [-0.39, 0.29) is 12.5 Å². The minimum Gasteiger partial charge on any atom is -0.479 e. The smallest absolute Gasteiger partial charge is 0.416 e. The molecule has 1 aromatic rings. The number of carbonyl (C=O) groups is 1. The van der Waals surface area contributed by atoms with Gasteiger partial charge >= 0.3 is 12.1 Å². The van der Waals surface area contributed by atoms with E-state index in [1.165, 1.54) is 12.1 Å². The van der Waals surface area contributed by atoms with Gasteiger partial charge in [-0.15, -0.1) is 0 Å². The lowest BCUT2D eigenvalue weighted by atomic mass is 9.81. The molecule has 1 atom stereocenters. The first-order chi connectivity index (χ1) is 9.38. The second-order valence-corrected chi connectivity index (χ2v) is 4.96. The van der Waals surface area contributed by atoms with Crippen LogP contribution in [0.5, 0.6) is 0 Å². The number of hydrogen-bond donors (Lipinski definition) is 1. The summed E-state index contributed by atoms with van der Waals surface area (Å²) in [6, 6.07) is 4.56. The van der Waals surface area contributed by atoms with E-state index < -0.39 is 23.8 Å². The van der Waals surface area contributed by atoms with Gasteiger partial charge in [-0.1, -0.05) is 18.6 Å². The Kier molecular flexibility index (Phi) is 4.32. The number of rotatable bonds is 5. The van der Waals surface area contributed by atoms with Gasteiger partial charge in [0.05, 0.1) is 12.2 Å². The molecule has 0 bridgehead atoms. The van der Waals surface area contributed by atoms with Gasteiger partial charge in [0.1, 0.15) is 0 Å². The Hall–Kier alpha value is -1.56. The number of ether oxygens (including phenoxy) is 1. The highest BCUT2D eigenvalue weighted by Gasteiger charge is 2.33. The molecule has 20 heavy (non-hydrogen) atoms. The first-order valence-electron chi connectivity index (χ1n) is 6.38. The molecule has 1 N–H and O–H groups in total. The maximum Gasteiger partial charge on any atom is 0.416 e. The summed E-state index contributed by atoms with van der Waals surface area (Å²) in [4.78, 5) is 11.1. The minimum absolute atomic E-state index is 0.00556. The van der Waals surface area contributed by atoms with Gasteiger partial charge in [0.2, 0.25) is 0 Å². The van der Waals surface area contributed by atoms with E-state index in [2.05, 4.69) is 0 Å². The molecule has 1 aromatic carbocycles. The molecule has 1 saturated carbocycles. The van der Waals surface area contributed by atoms with Crippen LogP contribution in [-0.4, -0.2) is 17.2 Å². The molecule has 1 aliphatic carbocycles. The van der Waals surface area contributed by atoms with Gasteiger partial charge in [-0.3, -0.25) is 0 Å². The third kappa shape index (κ3) is 3.50. The molecule has 1 fully saturated rings. The lowest BCUT2D eigenvalue weighted by molar-refractivity contribution is -0.158. The van der Waals surface area contributed by atoms with E-state index in [0.717, 1.165) is 31.4 Å². The summed E-state index contributed by atoms with van der Waals surface area (Å²) in [7, 11) is 0. The van der Waals surface area contributed by atoms with Crippen LogP contribution >= 0.6 is 0 Å². The van der Waals surface area contributed by atoms with Crippen LogP contribution < -0.4 is 0 Å². The minimum atomic E-state index is -4.37. The molecule has 0 saturated heterocycles. The van der Waals surface area contributed by atoms with Crippen LogP contribution in [0.25, 0.3) is 0 Å². The number of carboxylic acid groups (broad SMARTS) is 1. The summed E-state index contributed by atoms with van der Waals surface area (Å²) in [6.45, 7) is 0.00556. The first-order valence-corrected chi connectivity index (χ1v) is 6.38. The largest absolute Gasteiger partial charge is 0.479 e. The Bertz CT molecular complexity index is 464. The third-order valence-corrected chi connectivity index (χ3v) is 3.53. The van der Waals surface area contributed by atoms with Gasteiger partial charge in [-0.05, 0) is 36.5 Å². The van der Waals surface area contributed by atoms with Crippen molar-refractivity contribution in [3.63, 3.8) is 0 Å². The van der Waals surface area contributed by atoms with Crippen molar-refractivity contribution in [1.29, 1.82) is 0 Å². The number of carboxylic acids is 1. The lowest BCUT2D eigenvalue weighted by Gasteiger charge is -2.30. The van der Waals surface area contributed by atoms with Gasteiger partial charge < -0.3 is 9.84 Å². The third-order valence-electron chi connectivity index (χ3n) is 3.53. The molecule has 3 nitrogen and oxygen atoms in total. The van der Waals surface area contributed by atoms with E-state index in [0.29, 0.717) is 5.56 Å². The van der Waals surface area contributed by atoms with E-state index in [1.54, 1.807) is 0 Å². The normalized spacial score (nSPS) is 17.6. The molecule has 0 radical (unpaired) electrons. The molecule has 6 heteroatoms. The molecule has 0 aromatic heterocycles. The Morgan fingerprint density at radius 1 is 1.30 bits per heavy atom. The Morgan fingerprint density at radius 2 is 1.90 bits per heavy atom. The van der Waals surface area contributed by atoms with E-state index in [4.69, 9.17) is 9.84 Å². The highest BCUT2D eigenvalue weighted by molar-refractivity contribution is 5.72. The van der Waals surface area contributed by atoms with E-state index in [9.17, 15) is 18.0 Å². The molecular weight excluding hydrogens is 273 g/mol. The van der Waals surface area contributed by atoms with Crippen LogP contribution in [-0.2, 0) is 22.3 Å². The predicted molar refractivity (Wildman–Crippen MR) is 65.0 cm³/mol. The fourth-order valence-electron chi connectivity index (χ4n) is 2.13. The standard InChI is InChI=1S/C14H15F3O3/c15-14(16,17)11-6-4-9(5-7-11)8-20-12(13(18)19)10-2-1-3-10/h4-7,10,12H,1-3,8H2,(H,18,19). The quantitative estimate of drug-likeness (QED) is 0.902. The SMILES string of the molecule is O=C(O)C(OCc1ccc(C(F)(F)F)cc1)C1CCC1. The van der Waals surface area contributed by atoms with Crippen molar-refractivity contribution in [3.05, 3.63) is 35.4 Å². The summed E-state index contributed by atoms with van der Waals surface area (Å²) >= 11 is 0. The van der Waals surface area contributed by atoms with Gasteiger partial charge in [0, 0.05) is 0 Å². The monoisotopic (exact) mass is 288 g/mol. The van der Waals surface area contributed by atoms with Crippen molar-refractivity contribution in [1.82, 2.24) is 0 Å². The molecule has 1 unspecified atom stereocenters. The zero-order valence-electron chi connectivity index (χ0n) is 10.7. The van der Waals surface area contributed by atoms with Crippen LogP contribution in [0.1, 0.15) is 30.4 Å².